The number of rotatable bonds is 7. The highest BCUT2D eigenvalue weighted by Gasteiger charge is 2.22. The maximum Gasteiger partial charge on any atom is 0.342 e. The number of fused-ring (bicyclic) bond motifs is 1. The first-order chi connectivity index (χ1) is 14.2. The fourth-order valence-corrected chi connectivity index (χ4v) is 3.56. The number of hydrogen-bond donors (Lipinski definition) is 0. The molecule has 0 unspecified atom stereocenters. The first-order valence-corrected chi connectivity index (χ1v) is 9.96. The van der Waals surface area contributed by atoms with E-state index in [1.54, 1.807) is 14.0 Å². The van der Waals surface area contributed by atoms with Crippen molar-refractivity contribution in [1.82, 2.24) is 10.2 Å². The van der Waals surface area contributed by atoms with Crippen molar-refractivity contribution in [2.75, 3.05) is 13.7 Å². The highest BCUT2D eigenvalue weighted by atomic mass is 32.2. The molecular formula is C21H18N2O5S. The fourth-order valence-electron chi connectivity index (χ4n) is 2.87. The molecule has 2 heterocycles. The maximum absolute atomic E-state index is 12.4. The van der Waals surface area contributed by atoms with Gasteiger partial charge in [0.15, 0.2) is 0 Å². The van der Waals surface area contributed by atoms with Gasteiger partial charge in [-0.25, -0.2) is 4.79 Å². The van der Waals surface area contributed by atoms with E-state index < -0.39 is 5.97 Å². The van der Waals surface area contributed by atoms with Crippen LogP contribution in [0.1, 0.15) is 23.0 Å². The molecule has 4 rings (SSSR count). The van der Waals surface area contributed by atoms with Gasteiger partial charge in [0.25, 0.3) is 5.22 Å². The lowest BCUT2D eigenvalue weighted by molar-refractivity contribution is 0.0526. The number of carbonyl (C=O) groups excluding carboxylic acids is 1. The number of furan rings is 1. The summed E-state index contributed by atoms with van der Waals surface area (Å²) >= 11 is 1.30. The van der Waals surface area contributed by atoms with Crippen LogP contribution >= 0.6 is 11.8 Å². The third-order valence-corrected chi connectivity index (χ3v) is 5.04. The third-order valence-electron chi connectivity index (χ3n) is 4.22. The Bertz CT molecular complexity index is 1130. The molecule has 0 fully saturated rings. The minimum atomic E-state index is -0.405. The van der Waals surface area contributed by atoms with E-state index in [0.717, 1.165) is 16.7 Å². The van der Waals surface area contributed by atoms with Crippen molar-refractivity contribution >= 4 is 28.7 Å². The number of hydrogen-bond acceptors (Lipinski definition) is 8. The van der Waals surface area contributed by atoms with Gasteiger partial charge < -0.3 is 18.3 Å². The molecule has 0 N–H and O–H groups in total. The van der Waals surface area contributed by atoms with Crippen molar-refractivity contribution in [2.24, 2.45) is 0 Å². The van der Waals surface area contributed by atoms with E-state index in [4.69, 9.17) is 18.3 Å². The lowest BCUT2D eigenvalue weighted by atomic mass is 10.1. The van der Waals surface area contributed by atoms with Crippen molar-refractivity contribution in [3.8, 4) is 17.2 Å². The average molecular weight is 410 g/mol. The van der Waals surface area contributed by atoms with Crippen LogP contribution in [0.5, 0.6) is 5.75 Å². The van der Waals surface area contributed by atoms with Crippen molar-refractivity contribution in [3.63, 3.8) is 0 Å². The Balaban J connectivity index is 1.55. The molecule has 0 spiro atoms. The van der Waals surface area contributed by atoms with Gasteiger partial charge >= 0.3 is 5.97 Å². The second-order valence-electron chi connectivity index (χ2n) is 6.01. The predicted octanol–water partition coefficient (Wildman–Crippen LogP) is 4.96. The van der Waals surface area contributed by atoms with Crippen LogP contribution in [0.3, 0.4) is 0 Å². The minimum Gasteiger partial charge on any atom is -0.497 e. The number of methoxy groups -OCH3 is 1. The summed E-state index contributed by atoms with van der Waals surface area (Å²) in [5.74, 6) is 1.62. The standard InChI is InChI=1S/C21H18N2O5S/c1-3-26-20(24)18-15-6-4-5-7-16(15)27-17(18)12-29-21-23-22-19(28-21)13-8-10-14(25-2)11-9-13/h4-11H,3,12H2,1-2H3. The van der Waals surface area contributed by atoms with E-state index in [1.165, 1.54) is 11.8 Å². The molecule has 2 aromatic heterocycles. The summed E-state index contributed by atoms with van der Waals surface area (Å²) in [7, 11) is 1.61. The van der Waals surface area contributed by atoms with Crippen LogP contribution in [0.25, 0.3) is 22.4 Å². The van der Waals surface area contributed by atoms with Crippen LogP contribution < -0.4 is 4.74 Å². The van der Waals surface area contributed by atoms with E-state index in [2.05, 4.69) is 10.2 Å². The third kappa shape index (κ3) is 3.97. The molecule has 8 heteroatoms. The number of thioether (sulfide) groups is 1. The van der Waals surface area contributed by atoms with Gasteiger partial charge in [0, 0.05) is 10.9 Å². The number of para-hydroxylation sites is 1. The lowest BCUT2D eigenvalue weighted by Gasteiger charge is -2.02. The molecule has 0 amide bonds. The van der Waals surface area contributed by atoms with E-state index in [1.807, 2.05) is 48.5 Å². The number of nitrogens with zero attached hydrogens (tertiary/aromatic N) is 2. The summed E-state index contributed by atoms with van der Waals surface area (Å²) in [5.41, 5.74) is 1.86. The monoisotopic (exact) mass is 410 g/mol. The van der Waals surface area contributed by atoms with Gasteiger partial charge in [-0.1, -0.05) is 30.0 Å². The Kier molecular flexibility index (Phi) is 5.53. The van der Waals surface area contributed by atoms with Crippen molar-refractivity contribution in [2.45, 2.75) is 17.9 Å². The average Bonchev–Trinajstić information content (AvgIpc) is 3.37. The Morgan fingerprint density at radius 3 is 2.62 bits per heavy atom. The quantitative estimate of drug-likeness (QED) is 0.312. The first kappa shape index (κ1) is 19.1. The molecule has 7 nitrogen and oxygen atoms in total. The summed E-state index contributed by atoms with van der Waals surface area (Å²) in [6, 6.07) is 14.7. The Labute approximate surface area is 171 Å². The van der Waals surface area contributed by atoms with Crippen LogP contribution in [0.4, 0.5) is 0 Å². The van der Waals surface area contributed by atoms with E-state index in [-0.39, 0.29) is 0 Å². The SMILES string of the molecule is CCOC(=O)c1c(CSc2nnc(-c3ccc(OC)cc3)o2)oc2ccccc12. The zero-order valence-electron chi connectivity index (χ0n) is 15.9. The topological polar surface area (TPSA) is 87.6 Å². The molecule has 0 radical (unpaired) electrons. The van der Waals surface area contributed by atoms with Gasteiger partial charge in [0.1, 0.15) is 22.7 Å². The van der Waals surface area contributed by atoms with E-state index in [9.17, 15) is 4.79 Å². The van der Waals surface area contributed by atoms with E-state index in [0.29, 0.717) is 40.4 Å². The fraction of sp³-hybridized carbons (Fsp3) is 0.190. The van der Waals surface area contributed by atoms with Crippen LogP contribution in [-0.2, 0) is 10.5 Å². The van der Waals surface area contributed by atoms with Gasteiger partial charge in [-0.15, -0.1) is 10.2 Å². The smallest absolute Gasteiger partial charge is 0.342 e. The van der Waals surface area contributed by atoms with Crippen molar-refractivity contribution in [3.05, 3.63) is 59.9 Å². The molecule has 0 saturated carbocycles. The molecular weight excluding hydrogens is 392 g/mol. The summed E-state index contributed by atoms with van der Waals surface area (Å²) in [5, 5.41) is 9.26. The Morgan fingerprint density at radius 2 is 1.86 bits per heavy atom. The molecule has 2 aromatic carbocycles. The van der Waals surface area contributed by atoms with E-state index >= 15 is 0 Å². The highest BCUT2D eigenvalue weighted by Crippen LogP contribution is 2.32. The van der Waals surface area contributed by atoms with Gasteiger partial charge in [-0.05, 0) is 37.3 Å². The highest BCUT2D eigenvalue weighted by molar-refractivity contribution is 7.98. The van der Waals surface area contributed by atoms with Crippen LogP contribution in [0.2, 0.25) is 0 Å². The molecule has 29 heavy (non-hydrogen) atoms. The maximum atomic E-state index is 12.4. The molecule has 148 valence electrons. The molecule has 0 saturated heterocycles. The molecule has 0 aliphatic rings. The molecule has 0 atom stereocenters. The largest absolute Gasteiger partial charge is 0.497 e. The summed E-state index contributed by atoms with van der Waals surface area (Å²) in [6.07, 6.45) is 0. The molecule has 0 aliphatic carbocycles. The second-order valence-corrected chi connectivity index (χ2v) is 6.93. The predicted molar refractivity (Wildman–Crippen MR) is 108 cm³/mol. The number of esters is 1. The Hall–Kier alpha value is -3.26. The van der Waals surface area contributed by atoms with Crippen LogP contribution in [0, 0.1) is 0 Å². The first-order valence-electron chi connectivity index (χ1n) is 8.98. The summed E-state index contributed by atoms with van der Waals surface area (Å²) in [6.45, 7) is 2.06. The summed E-state index contributed by atoms with van der Waals surface area (Å²) < 4.78 is 22.0. The van der Waals surface area contributed by atoms with Crippen LogP contribution in [-0.4, -0.2) is 29.9 Å². The lowest BCUT2D eigenvalue weighted by Crippen LogP contribution is -2.06. The van der Waals surface area contributed by atoms with Crippen molar-refractivity contribution < 1.29 is 23.1 Å². The van der Waals surface area contributed by atoms with Gasteiger partial charge in [-0.3, -0.25) is 0 Å². The van der Waals surface area contributed by atoms with Crippen LogP contribution in [0.15, 0.2) is 62.6 Å². The van der Waals surface area contributed by atoms with Gasteiger partial charge in [0.2, 0.25) is 5.89 Å². The summed E-state index contributed by atoms with van der Waals surface area (Å²) in [4.78, 5) is 12.4. The van der Waals surface area contributed by atoms with Gasteiger partial charge in [0.05, 0.1) is 19.5 Å². The zero-order chi connectivity index (χ0) is 20.2. The minimum absolute atomic E-state index is 0.291. The molecule has 0 aliphatic heterocycles. The number of ether oxygens (including phenoxy) is 2. The number of aromatic nitrogens is 2. The second kappa shape index (κ2) is 8.40. The number of benzene rings is 2. The van der Waals surface area contributed by atoms with Gasteiger partial charge in [-0.2, -0.15) is 0 Å². The molecule has 0 bridgehead atoms. The Morgan fingerprint density at radius 1 is 1.07 bits per heavy atom. The normalized spacial score (nSPS) is 11.0. The zero-order valence-corrected chi connectivity index (χ0v) is 16.7. The number of carbonyl (C=O) groups is 1. The molecule has 4 aromatic rings. The van der Waals surface area contributed by atoms with Crippen molar-refractivity contribution in [1.29, 1.82) is 0 Å².